The molecule has 0 N–H and O–H groups in total. The van der Waals surface area contributed by atoms with Crippen LogP contribution in [0.15, 0.2) is 4.52 Å². The molecular weight excluding hydrogens is 607 g/mol. The minimum absolute atomic E-state index is 0.0612. The van der Waals surface area contributed by atoms with Crippen LogP contribution in [0.1, 0.15) is 18.7 Å². The third kappa shape index (κ3) is 3.67. The van der Waals surface area contributed by atoms with Crippen molar-refractivity contribution in [3.63, 3.8) is 0 Å². The van der Waals surface area contributed by atoms with Gasteiger partial charge in [-0.15, -0.1) is 0 Å². The fourth-order valence-corrected chi connectivity index (χ4v) is 5.89. The van der Waals surface area contributed by atoms with Crippen LogP contribution in [0.5, 0.6) is 0 Å². The molecule has 29 heavy (non-hydrogen) atoms. The number of hydrogen-bond donors (Lipinski definition) is 0. The van der Waals surface area contributed by atoms with Gasteiger partial charge < -0.3 is 19.1 Å². The highest BCUT2D eigenvalue weighted by Gasteiger charge is 2.61. The van der Waals surface area contributed by atoms with Crippen molar-refractivity contribution in [1.29, 1.82) is 0 Å². The molecule has 3 aliphatic heterocycles. The number of hydrogen-bond acceptors (Lipinski definition) is 7. The topological polar surface area (TPSA) is 74.9 Å². The number of halogens is 3. The number of piperidine rings is 2. The van der Waals surface area contributed by atoms with Gasteiger partial charge in [-0.2, -0.15) is 4.98 Å². The van der Waals surface area contributed by atoms with Crippen LogP contribution in [-0.2, 0) is 11.2 Å². The number of likely N-dealkylation sites (tertiary alicyclic amines) is 1. The molecule has 2 unspecified atom stereocenters. The van der Waals surface area contributed by atoms with Gasteiger partial charge in [-0.05, 0) is 69.9 Å². The van der Waals surface area contributed by atoms with E-state index in [4.69, 9.17) is 9.26 Å². The number of amides is 1. The van der Waals surface area contributed by atoms with E-state index in [0.29, 0.717) is 37.1 Å². The van der Waals surface area contributed by atoms with Crippen LogP contribution in [0.4, 0.5) is 10.4 Å². The molecule has 4 fully saturated rings. The van der Waals surface area contributed by atoms with E-state index in [0.717, 1.165) is 25.9 Å². The lowest BCUT2D eigenvalue weighted by atomic mass is 9.89. The average Bonchev–Trinajstić information content (AvgIpc) is 3.04. The molecule has 0 radical (unpaired) electrons. The molecule has 5 atom stereocenters. The first kappa shape index (κ1) is 20.6. The Kier molecular flexibility index (Phi) is 5.26. The lowest BCUT2D eigenvalue weighted by molar-refractivity contribution is -0.131. The van der Waals surface area contributed by atoms with Crippen LogP contribution in [0.3, 0.4) is 0 Å². The van der Waals surface area contributed by atoms with Crippen LogP contribution in [-0.4, -0.2) is 84.4 Å². The Morgan fingerprint density at radius 3 is 2.31 bits per heavy atom. The van der Waals surface area contributed by atoms with Gasteiger partial charge in [-0.25, -0.2) is 4.39 Å². The van der Waals surface area contributed by atoms with Crippen molar-refractivity contribution in [2.75, 3.05) is 45.3 Å². The lowest BCUT2D eigenvalue weighted by Gasteiger charge is -2.49. The fraction of sp³-hybridized carbons (Fsp3) is 0.833. The first-order valence-corrected chi connectivity index (χ1v) is 12.1. The molecule has 1 aromatic heterocycles. The maximum absolute atomic E-state index is 14.1. The van der Waals surface area contributed by atoms with Crippen molar-refractivity contribution in [3.05, 3.63) is 5.82 Å². The molecular formula is C18H24FI2N5O3. The maximum atomic E-state index is 14.1. The summed E-state index contributed by atoms with van der Waals surface area (Å²) in [6.07, 6.45) is 1.91. The number of morpholine rings is 1. The number of rotatable bonds is 4. The molecule has 2 bridgehead atoms. The number of carbonyl (C=O) groups is 1. The Labute approximate surface area is 196 Å². The van der Waals surface area contributed by atoms with E-state index in [1.54, 1.807) is 50.1 Å². The quantitative estimate of drug-likeness (QED) is 0.372. The highest BCUT2D eigenvalue weighted by molar-refractivity contribution is 14.2. The molecule has 0 spiro atoms. The minimum atomic E-state index is -1.68. The Hall–Kier alpha value is -0.280. The molecule has 1 aliphatic carbocycles. The molecule has 3 saturated heterocycles. The monoisotopic (exact) mass is 631 g/mol. The summed E-state index contributed by atoms with van der Waals surface area (Å²) in [5.41, 5.74) is 0. The van der Waals surface area contributed by atoms with E-state index in [1.807, 2.05) is 14.1 Å². The summed E-state index contributed by atoms with van der Waals surface area (Å²) in [4.78, 5) is 23.0. The fourth-order valence-electron chi connectivity index (χ4n) is 5.45. The molecule has 1 saturated carbocycles. The van der Waals surface area contributed by atoms with Gasteiger partial charge in [0.25, 0.3) is 1.68 Å². The van der Waals surface area contributed by atoms with Crippen LogP contribution in [0.2, 0.25) is 0 Å². The summed E-state index contributed by atoms with van der Waals surface area (Å²) in [6, 6.07) is 1.17. The number of aromatic nitrogens is 2. The molecule has 5 rings (SSSR count). The highest BCUT2D eigenvalue weighted by Crippen LogP contribution is 2.53. The van der Waals surface area contributed by atoms with Gasteiger partial charge in [0.15, 0.2) is 0 Å². The van der Waals surface area contributed by atoms with Crippen molar-refractivity contribution in [3.8, 4) is 0 Å². The smallest absolute Gasteiger partial charge is 0.324 e. The Morgan fingerprint density at radius 1 is 1.17 bits per heavy atom. The van der Waals surface area contributed by atoms with Crippen molar-refractivity contribution < 1.29 is 18.4 Å². The molecule has 11 heteroatoms. The van der Waals surface area contributed by atoms with Crippen LogP contribution >= 0.6 is 45.2 Å². The SMILES string of the molecule is CN(C)C(=O)[C@H]1[C@@H]2CN(C3CC4COCC(C3)N4c3nc(C(F)(I)I)no3)C[C@@H]21. The summed E-state index contributed by atoms with van der Waals surface area (Å²) in [7, 11) is 3.69. The standard InChI is InChI=1S/C18H24FI2N5O3/c1-24(2)15(27)14-12-5-25(6-13(12)14)9-3-10-7-28-8-11(4-9)26(10)17-22-16(23-29-17)18(19,20)21/h9-14H,3-8H2,1-2H3/t9?,10?,11?,12-,13+,14+. The van der Waals surface area contributed by atoms with E-state index in [1.165, 1.54) is 0 Å². The summed E-state index contributed by atoms with van der Waals surface area (Å²) in [5, 5.41) is 3.84. The van der Waals surface area contributed by atoms with Crippen molar-refractivity contribution >= 4 is 57.1 Å². The highest BCUT2D eigenvalue weighted by atomic mass is 127. The molecule has 160 valence electrons. The summed E-state index contributed by atoms with van der Waals surface area (Å²) in [6.45, 7) is 3.25. The van der Waals surface area contributed by atoms with Gasteiger partial charge in [-0.3, -0.25) is 9.69 Å². The van der Waals surface area contributed by atoms with Crippen LogP contribution in [0, 0.1) is 17.8 Å². The van der Waals surface area contributed by atoms with Gasteiger partial charge in [-0.1, -0.05) is 5.16 Å². The zero-order valence-electron chi connectivity index (χ0n) is 16.3. The molecule has 8 nitrogen and oxygen atoms in total. The number of fused-ring (bicyclic) bond motifs is 3. The lowest BCUT2D eigenvalue weighted by Crippen LogP contribution is -2.61. The summed E-state index contributed by atoms with van der Waals surface area (Å²) >= 11 is 3.33. The van der Waals surface area contributed by atoms with Gasteiger partial charge in [0.05, 0.1) is 25.3 Å². The van der Waals surface area contributed by atoms with E-state index >= 15 is 0 Å². The van der Waals surface area contributed by atoms with E-state index in [-0.39, 0.29) is 29.7 Å². The Balaban J connectivity index is 1.25. The molecule has 4 heterocycles. The van der Waals surface area contributed by atoms with Gasteiger partial charge >= 0.3 is 6.01 Å². The number of anilines is 1. The predicted octanol–water partition coefficient (Wildman–Crippen LogP) is 2.02. The summed E-state index contributed by atoms with van der Waals surface area (Å²) in [5.74, 6) is 1.60. The number of nitrogens with zero attached hydrogens (tertiary/aromatic N) is 5. The second-order valence-corrected chi connectivity index (χ2v) is 13.9. The van der Waals surface area contributed by atoms with E-state index < -0.39 is 1.68 Å². The second kappa shape index (κ2) is 7.40. The van der Waals surface area contributed by atoms with Crippen molar-refractivity contribution in [2.24, 2.45) is 17.8 Å². The van der Waals surface area contributed by atoms with Gasteiger partial charge in [0.2, 0.25) is 11.7 Å². The van der Waals surface area contributed by atoms with Gasteiger partial charge in [0.1, 0.15) is 0 Å². The molecule has 0 aromatic carbocycles. The molecule has 1 aromatic rings. The maximum Gasteiger partial charge on any atom is 0.324 e. The minimum Gasteiger partial charge on any atom is -0.377 e. The number of alkyl halides is 3. The first-order chi connectivity index (χ1) is 13.7. The second-order valence-electron chi connectivity index (χ2n) is 8.82. The summed E-state index contributed by atoms with van der Waals surface area (Å²) < 4.78 is 23.7. The molecule has 4 aliphatic rings. The normalized spacial score (nSPS) is 36.8. The first-order valence-electron chi connectivity index (χ1n) is 9.96. The van der Waals surface area contributed by atoms with E-state index in [9.17, 15) is 9.18 Å². The predicted molar refractivity (Wildman–Crippen MR) is 120 cm³/mol. The van der Waals surface area contributed by atoms with Crippen molar-refractivity contribution in [2.45, 2.75) is 32.6 Å². The zero-order valence-corrected chi connectivity index (χ0v) is 20.6. The molecule has 1 amide bonds. The van der Waals surface area contributed by atoms with Gasteiger partial charge in [0, 0.05) is 39.1 Å². The average molecular weight is 631 g/mol. The zero-order chi connectivity index (χ0) is 20.5. The van der Waals surface area contributed by atoms with E-state index in [2.05, 4.69) is 19.9 Å². The van der Waals surface area contributed by atoms with Crippen molar-refractivity contribution in [1.82, 2.24) is 19.9 Å². The third-order valence-electron chi connectivity index (χ3n) is 6.85. The Morgan fingerprint density at radius 2 is 1.79 bits per heavy atom. The largest absolute Gasteiger partial charge is 0.377 e. The van der Waals surface area contributed by atoms with Crippen LogP contribution < -0.4 is 4.90 Å². The Bertz CT molecular complexity index is 777. The number of carbonyl (C=O) groups excluding carboxylic acids is 1. The van der Waals surface area contributed by atoms with Crippen LogP contribution in [0.25, 0.3) is 0 Å². The third-order valence-corrected chi connectivity index (χ3v) is 7.81. The number of ether oxygens (including phenoxy) is 1.